The monoisotopic (exact) mass is 253 g/mol. The topological polar surface area (TPSA) is 28.2 Å². The van der Waals surface area contributed by atoms with Crippen LogP contribution in [0.4, 0.5) is 5.13 Å². The van der Waals surface area contributed by atoms with Gasteiger partial charge in [0.05, 0.1) is 5.69 Å². The number of anilines is 1. The Labute approximate surface area is 108 Å². The van der Waals surface area contributed by atoms with Gasteiger partial charge in [-0.25, -0.2) is 4.98 Å². The van der Waals surface area contributed by atoms with E-state index in [2.05, 4.69) is 34.6 Å². The Hall–Kier alpha value is -0.610. The highest BCUT2D eigenvalue weighted by atomic mass is 32.1. The van der Waals surface area contributed by atoms with E-state index in [0.717, 1.165) is 30.7 Å². The van der Waals surface area contributed by atoms with Crippen molar-refractivity contribution in [1.82, 2.24) is 9.88 Å². The minimum atomic E-state index is 0.819. The second-order valence-corrected chi connectivity index (χ2v) is 5.70. The van der Waals surface area contributed by atoms with Crippen LogP contribution in [0, 0.1) is 0 Å². The van der Waals surface area contributed by atoms with Crippen molar-refractivity contribution in [1.29, 1.82) is 0 Å². The van der Waals surface area contributed by atoms with Crippen LogP contribution in [0.1, 0.15) is 38.3 Å². The van der Waals surface area contributed by atoms with Crippen LogP contribution in [-0.4, -0.2) is 36.1 Å². The SMILES string of the molecule is CCc1csc(NCCN(C)C2CCCC2)n1. The number of aryl methyl sites for hydroxylation is 1. The Kier molecular flexibility index (Phi) is 4.80. The van der Waals surface area contributed by atoms with E-state index in [1.807, 2.05) is 0 Å². The normalized spacial score (nSPS) is 16.9. The summed E-state index contributed by atoms with van der Waals surface area (Å²) in [5, 5.41) is 6.63. The third kappa shape index (κ3) is 3.68. The van der Waals surface area contributed by atoms with Crippen molar-refractivity contribution in [3.05, 3.63) is 11.1 Å². The summed E-state index contributed by atoms with van der Waals surface area (Å²) in [7, 11) is 2.25. The van der Waals surface area contributed by atoms with E-state index in [9.17, 15) is 0 Å². The molecule has 0 amide bonds. The van der Waals surface area contributed by atoms with Gasteiger partial charge in [0.2, 0.25) is 0 Å². The summed E-state index contributed by atoms with van der Waals surface area (Å²) >= 11 is 1.72. The number of hydrogen-bond acceptors (Lipinski definition) is 4. The van der Waals surface area contributed by atoms with Gasteiger partial charge in [0.1, 0.15) is 0 Å². The molecule has 0 atom stereocenters. The zero-order valence-corrected chi connectivity index (χ0v) is 11.7. The molecule has 0 saturated heterocycles. The minimum Gasteiger partial charge on any atom is -0.360 e. The number of nitrogens with one attached hydrogen (secondary N) is 1. The zero-order valence-electron chi connectivity index (χ0n) is 10.9. The van der Waals surface area contributed by atoms with Gasteiger partial charge in [0.15, 0.2) is 5.13 Å². The lowest BCUT2D eigenvalue weighted by molar-refractivity contribution is 0.254. The van der Waals surface area contributed by atoms with Crippen LogP contribution < -0.4 is 5.32 Å². The first-order valence-electron chi connectivity index (χ1n) is 6.68. The highest BCUT2D eigenvalue weighted by Crippen LogP contribution is 2.22. The van der Waals surface area contributed by atoms with Crippen LogP contribution in [0.15, 0.2) is 5.38 Å². The molecule has 0 aromatic carbocycles. The molecule has 3 nitrogen and oxygen atoms in total. The molecule has 1 aromatic rings. The third-order valence-corrected chi connectivity index (χ3v) is 4.45. The van der Waals surface area contributed by atoms with Crippen molar-refractivity contribution in [3.8, 4) is 0 Å². The second-order valence-electron chi connectivity index (χ2n) is 4.84. The van der Waals surface area contributed by atoms with E-state index in [1.54, 1.807) is 11.3 Å². The first-order valence-corrected chi connectivity index (χ1v) is 7.56. The average Bonchev–Trinajstić information content (AvgIpc) is 3.00. The molecule has 1 heterocycles. The van der Waals surface area contributed by atoms with E-state index in [-0.39, 0.29) is 0 Å². The molecule has 0 unspecified atom stereocenters. The van der Waals surface area contributed by atoms with Gasteiger partial charge in [-0.05, 0) is 26.3 Å². The van der Waals surface area contributed by atoms with Gasteiger partial charge < -0.3 is 10.2 Å². The van der Waals surface area contributed by atoms with Crippen molar-refractivity contribution in [2.75, 3.05) is 25.5 Å². The first kappa shape index (κ1) is 12.8. The molecule has 0 bridgehead atoms. The van der Waals surface area contributed by atoms with Gasteiger partial charge in [-0.2, -0.15) is 0 Å². The lowest BCUT2D eigenvalue weighted by atomic mass is 10.2. The molecular weight excluding hydrogens is 230 g/mol. The number of nitrogens with zero attached hydrogens (tertiary/aromatic N) is 2. The van der Waals surface area contributed by atoms with Gasteiger partial charge in [-0.3, -0.25) is 0 Å². The fourth-order valence-corrected chi connectivity index (χ4v) is 3.24. The molecule has 4 heteroatoms. The number of thiazole rings is 1. The van der Waals surface area contributed by atoms with E-state index in [4.69, 9.17) is 0 Å². The Morgan fingerprint density at radius 2 is 2.24 bits per heavy atom. The molecule has 96 valence electrons. The quantitative estimate of drug-likeness (QED) is 0.845. The van der Waals surface area contributed by atoms with Crippen LogP contribution in [-0.2, 0) is 6.42 Å². The van der Waals surface area contributed by atoms with E-state index < -0.39 is 0 Å². The summed E-state index contributed by atoms with van der Waals surface area (Å²) < 4.78 is 0. The van der Waals surface area contributed by atoms with Crippen LogP contribution in [0.25, 0.3) is 0 Å². The maximum absolute atomic E-state index is 4.51. The van der Waals surface area contributed by atoms with E-state index in [1.165, 1.54) is 31.4 Å². The predicted molar refractivity (Wildman–Crippen MR) is 74.9 cm³/mol. The van der Waals surface area contributed by atoms with Crippen molar-refractivity contribution < 1.29 is 0 Å². The fraction of sp³-hybridized carbons (Fsp3) is 0.769. The Morgan fingerprint density at radius 3 is 2.88 bits per heavy atom. The third-order valence-electron chi connectivity index (χ3n) is 3.60. The average molecular weight is 253 g/mol. The lowest BCUT2D eigenvalue weighted by Gasteiger charge is -2.23. The van der Waals surface area contributed by atoms with E-state index in [0.29, 0.717) is 0 Å². The number of rotatable bonds is 6. The zero-order chi connectivity index (χ0) is 12.1. The number of hydrogen-bond donors (Lipinski definition) is 1. The molecule has 17 heavy (non-hydrogen) atoms. The summed E-state index contributed by atoms with van der Waals surface area (Å²) in [6, 6.07) is 0.819. The number of likely N-dealkylation sites (N-methyl/N-ethyl adjacent to an activating group) is 1. The lowest BCUT2D eigenvalue weighted by Crippen LogP contribution is -2.33. The summed E-state index contributed by atoms with van der Waals surface area (Å²) in [5.41, 5.74) is 1.20. The summed E-state index contributed by atoms with van der Waals surface area (Å²) in [4.78, 5) is 7.01. The van der Waals surface area contributed by atoms with Gasteiger partial charge >= 0.3 is 0 Å². The molecule has 1 aliphatic carbocycles. The molecule has 0 radical (unpaired) electrons. The van der Waals surface area contributed by atoms with Crippen molar-refractivity contribution in [3.63, 3.8) is 0 Å². The summed E-state index contributed by atoms with van der Waals surface area (Å²) in [5.74, 6) is 0. The Balaban J connectivity index is 1.68. The van der Waals surface area contributed by atoms with Gasteiger partial charge in [-0.15, -0.1) is 11.3 Å². The smallest absolute Gasteiger partial charge is 0.182 e. The Morgan fingerprint density at radius 1 is 1.47 bits per heavy atom. The summed E-state index contributed by atoms with van der Waals surface area (Å²) in [6.45, 7) is 4.27. The van der Waals surface area contributed by atoms with Crippen molar-refractivity contribution in [2.24, 2.45) is 0 Å². The van der Waals surface area contributed by atoms with Gasteiger partial charge in [-0.1, -0.05) is 19.8 Å². The van der Waals surface area contributed by atoms with Crippen molar-refractivity contribution in [2.45, 2.75) is 45.1 Å². The minimum absolute atomic E-state index is 0.819. The molecule has 0 aliphatic heterocycles. The molecular formula is C13H23N3S. The maximum atomic E-state index is 4.51. The van der Waals surface area contributed by atoms with Gasteiger partial charge in [0.25, 0.3) is 0 Å². The highest BCUT2D eigenvalue weighted by Gasteiger charge is 2.18. The fourth-order valence-electron chi connectivity index (χ4n) is 2.42. The highest BCUT2D eigenvalue weighted by molar-refractivity contribution is 7.13. The van der Waals surface area contributed by atoms with Gasteiger partial charge in [0, 0.05) is 24.5 Å². The Bertz CT molecular complexity index is 331. The van der Waals surface area contributed by atoms with Crippen LogP contribution in [0.2, 0.25) is 0 Å². The van der Waals surface area contributed by atoms with Crippen LogP contribution in [0.5, 0.6) is 0 Å². The number of aromatic nitrogens is 1. The molecule has 1 aliphatic rings. The maximum Gasteiger partial charge on any atom is 0.182 e. The molecule has 1 fully saturated rings. The molecule has 1 saturated carbocycles. The largest absolute Gasteiger partial charge is 0.360 e. The molecule has 2 rings (SSSR count). The van der Waals surface area contributed by atoms with Crippen LogP contribution in [0.3, 0.4) is 0 Å². The first-order chi connectivity index (χ1) is 8.29. The standard InChI is InChI=1S/C13H23N3S/c1-3-11-10-17-13(15-11)14-8-9-16(2)12-6-4-5-7-12/h10,12H,3-9H2,1-2H3,(H,14,15). The van der Waals surface area contributed by atoms with Crippen molar-refractivity contribution >= 4 is 16.5 Å². The second kappa shape index (κ2) is 6.36. The molecule has 1 aromatic heterocycles. The van der Waals surface area contributed by atoms with Crippen LogP contribution >= 0.6 is 11.3 Å². The van der Waals surface area contributed by atoms with E-state index >= 15 is 0 Å². The summed E-state index contributed by atoms with van der Waals surface area (Å²) in [6.07, 6.45) is 6.62. The predicted octanol–water partition coefficient (Wildman–Crippen LogP) is 2.99. The molecule has 1 N–H and O–H groups in total. The molecule has 0 spiro atoms.